The molecule has 2 rings (SSSR count). The van der Waals surface area contributed by atoms with Crippen LogP contribution in [-0.4, -0.2) is 17.9 Å². The van der Waals surface area contributed by atoms with Crippen molar-refractivity contribution in [2.75, 3.05) is 6.79 Å². The van der Waals surface area contributed by atoms with E-state index in [0.717, 1.165) is 16.9 Å². The summed E-state index contributed by atoms with van der Waals surface area (Å²) < 4.78 is 10.7. The van der Waals surface area contributed by atoms with Gasteiger partial charge in [-0.1, -0.05) is 19.9 Å². The molecule has 0 aliphatic carbocycles. The van der Waals surface area contributed by atoms with Crippen LogP contribution in [0.15, 0.2) is 12.1 Å². The van der Waals surface area contributed by atoms with Crippen LogP contribution in [0.3, 0.4) is 0 Å². The van der Waals surface area contributed by atoms with Crippen molar-refractivity contribution in [2.24, 2.45) is 0 Å². The first-order valence-electron chi connectivity index (χ1n) is 5.53. The maximum Gasteiger partial charge on any atom is 0.304 e. The zero-order chi connectivity index (χ0) is 12.6. The predicted octanol–water partition coefficient (Wildman–Crippen LogP) is 2.48. The van der Waals surface area contributed by atoms with Gasteiger partial charge in [0.05, 0.1) is 6.42 Å². The standard InChI is InChI=1S/C13H16O4/c1-8-4-9(13(2,3)6-11(14)15)5-10-12(8)17-7-16-10/h4-5H,6-7H2,1-3H3,(H,14,15). The summed E-state index contributed by atoms with van der Waals surface area (Å²) in [6.07, 6.45) is 0.0894. The zero-order valence-electron chi connectivity index (χ0n) is 10.2. The van der Waals surface area contributed by atoms with Crippen LogP contribution in [0.5, 0.6) is 11.5 Å². The molecule has 1 N–H and O–H groups in total. The SMILES string of the molecule is Cc1cc(C(C)(C)CC(=O)O)cc2c1OCO2. The highest BCUT2D eigenvalue weighted by molar-refractivity contribution is 5.69. The largest absolute Gasteiger partial charge is 0.481 e. The van der Waals surface area contributed by atoms with Gasteiger partial charge in [0, 0.05) is 5.41 Å². The Morgan fingerprint density at radius 2 is 2.12 bits per heavy atom. The second-order valence-electron chi connectivity index (χ2n) is 4.98. The summed E-state index contributed by atoms with van der Waals surface area (Å²) in [5.41, 5.74) is 1.52. The number of aliphatic carboxylic acids is 1. The van der Waals surface area contributed by atoms with Gasteiger partial charge in [-0.15, -0.1) is 0 Å². The average Bonchev–Trinajstić information content (AvgIpc) is 2.63. The third-order valence-corrected chi connectivity index (χ3v) is 3.03. The molecule has 0 amide bonds. The normalized spacial score (nSPS) is 13.8. The van der Waals surface area contributed by atoms with E-state index < -0.39 is 11.4 Å². The van der Waals surface area contributed by atoms with Crippen LogP contribution in [0, 0.1) is 6.92 Å². The third-order valence-electron chi connectivity index (χ3n) is 3.03. The number of hydrogen-bond donors (Lipinski definition) is 1. The van der Waals surface area contributed by atoms with Crippen LogP contribution in [-0.2, 0) is 10.2 Å². The first kappa shape index (κ1) is 11.8. The van der Waals surface area contributed by atoms with Crippen molar-refractivity contribution in [3.8, 4) is 11.5 Å². The lowest BCUT2D eigenvalue weighted by Crippen LogP contribution is -2.21. The quantitative estimate of drug-likeness (QED) is 0.875. The third kappa shape index (κ3) is 2.20. The molecule has 0 saturated carbocycles. The van der Waals surface area contributed by atoms with Crippen LogP contribution < -0.4 is 9.47 Å². The molecule has 0 fully saturated rings. The average molecular weight is 236 g/mol. The summed E-state index contributed by atoms with van der Waals surface area (Å²) in [5, 5.41) is 8.92. The molecule has 92 valence electrons. The number of benzene rings is 1. The fourth-order valence-electron chi connectivity index (χ4n) is 2.06. The number of rotatable bonds is 3. The highest BCUT2D eigenvalue weighted by atomic mass is 16.7. The number of aryl methyl sites for hydroxylation is 1. The molecule has 0 unspecified atom stereocenters. The summed E-state index contributed by atoms with van der Waals surface area (Å²) >= 11 is 0. The maximum absolute atomic E-state index is 10.9. The summed E-state index contributed by atoms with van der Waals surface area (Å²) in [5.74, 6) is 0.670. The zero-order valence-corrected chi connectivity index (χ0v) is 10.2. The number of hydrogen-bond acceptors (Lipinski definition) is 3. The van der Waals surface area contributed by atoms with Crippen LogP contribution in [0.4, 0.5) is 0 Å². The molecule has 0 radical (unpaired) electrons. The number of carboxylic acids is 1. The maximum atomic E-state index is 10.9. The molecule has 1 aromatic carbocycles. The lowest BCUT2D eigenvalue weighted by Gasteiger charge is -2.24. The van der Waals surface area contributed by atoms with E-state index in [-0.39, 0.29) is 13.2 Å². The first-order valence-corrected chi connectivity index (χ1v) is 5.53. The highest BCUT2D eigenvalue weighted by Gasteiger charge is 2.27. The van der Waals surface area contributed by atoms with Crippen molar-refractivity contribution in [1.29, 1.82) is 0 Å². The Hall–Kier alpha value is -1.71. The van der Waals surface area contributed by atoms with Gasteiger partial charge in [0.1, 0.15) is 0 Å². The van der Waals surface area contributed by atoms with Gasteiger partial charge in [-0.05, 0) is 24.1 Å². The monoisotopic (exact) mass is 236 g/mol. The van der Waals surface area contributed by atoms with E-state index in [0.29, 0.717) is 5.75 Å². The molecule has 4 nitrogen and oxygen atoms in total. The molecule has 4 heteroatoms. The summed E-state index contributed by atoms with van der Waals surface area (Å²) in [7, 11) is 0. The van der Waals surface area contributed by atoms with Crippen molar-refractivity contribution >= 4 is 5.97 Å². The van der Waals surface area contributed by atoms with Crippen LogP contribution >= 0.6 is 0 Å². The molecule has 1 heterocycles. The minimum Gasteiger partial charge on any atom is -0.481 e. The van der Waals surface area contributed by atoms with Gasteiger partial charge in [0.2, 0.25) is 6.79 Å². The summed E-state index contributed by atoms with van der Waals surface area (Å²) in [6, 6.07) is 3.84. The predicted molar refractivity (Wildman–Crippen MR) is 62.6 cm³/mol. The smallest absolute Gasteiger partial charge is 0.304 e. The van der Waals surface area contributed by atoms with Gasteiger partial charge in [-0.3, -0.25) is 4.79 Å². The Labute approximate surface area is 100 Å². The molecule has 0 aromatic heterocycles. The number of fused-ring (bicyclic) bond motifs is 1. The lowest BCUT2D eigenvalue weighted by molar-refractivity contribution is -0.138. The molecule has 0 spiro atoms. The second kappa shape index (κ2) is 3.95. The van der Waals surface area contributed by atoms with Crippen molar-refractivity contribution in [3.63, 3.8) is 0 Å². The lowest BCUT2D eigenvalue weighted by atomic mass is 9.81. The second-order valence-corrected chi connectivity index (χ2v) is 4.98. The molecule has 17 heavy (non-hydrogen) atoms. The van der Waals surface area contributed by atoms with Crippen LogP contribution in [0.2, 0.25) is 0 Å². The van der Waals surface area contributed by atoms with Crippen molar-refractivity contribution in [1.82, 2.24) is 0 Å². The minimum absolute atomic E-state index is 0.0894. The molecule has 1 aliphatic heterocycles. The summed E-state index contributed by atoms with van der Waals surface area (Å²) in [4.78, 5) is 10.9. The van der Waals surface area contributed by atoms with Gasteiger partial charge in [0.15, 0.2) is 11.5 Å². The van der Waals surface area contributed by atoms with Crippen LogP contribution in [0.1, 0.15) is 31.4 Å². The molecule has 0 atom stereocenters. The number of carboxylic acid groups (broad SMARTS) is 1. The Bertz CT molecular complexity index is 463. The summed E-state index contributed by atoms with van der Waals surface area (Å²) in [6.45, 7) is 6.00. The molecule has 1 aliphatic rings. The molecule has 0 bridgehead atoms. The first-order chi connectivity index (χ1) is 7.90. The van der Waals surface area contributed by atoms with Crippen LogP contribution in [0.25, 0.3) is 0 Å². The Kier molecular flexibility index (Phi) is 2.73. The Morgan fingerprint density at radius 1 is 1.41 bits per heavy atom. The van der Waals surface area contributed by atoms with E-state index in [1.165, 1.54) is 0 Å². The number of carbonyl (C=O) groups is 1. The highest BCUT2D eigenvalue weighted by Crippen LogP contribution is 2.40. The molecule has 1 aromatic rings. The van der Waals surface area contributed by atoms with E-state index in [4.69, 9.17) is 14.6 Å². The van der Waals surface area contributed by atoms with Gasteiger partial charge in [-0.2, -0.15) is 0 Å². The van der Waals surface area contributed by atoms with E-state index in [1.807, 2.05) is 32.9 Å². The van der Waals surface area contributed by atoms with E-state index in [2.05, 4.69) is 0 Å². The van der Waals surface area contributed by atoms with E-state index >= 15 is 0 Å². The van der Waals surface area contributed by atoms with Crippen molar-refractivity contribution in [2.45, 2.75) is 32.6 Å². The number of ether oxygens (including phenoxy) is 2. The molecule has 0 saturated heterocycles. The van der Waals surface area contributed by atoms with Gasteiger partial charge in [-0.25, -0.2) is 0 Å². The van der Waals surface area contributed by atoms with E-state index in [9.17, 15) is 4.79 Å². The van der Waals surface area contributed by atoms with Gasteiger partial charge < -0.3 is 14.6 Å². The Morgan fingerprint density at radius 3 is 2.76 bits per heavy atom. The van der Waals surface area contributed by atoms with Crippen molar-refractivity contribution < 1.29 is 19.4 Å². The van der Waals surface area contributed by atoms with Crippen molar-refractivity contribution in [3.05, 3.63) is 23.3 Å². The fourth-order valence-corrected chi connectivity index (χ4v) is 2.06. The van der Waals surface area contributed by atoms with Gasteiger partial charge in [0.25, 0.3) is 0 Å². The molecular weight excluding hydrogens is 220 g/mol. The molecular formula is C13H16O4. The van der Waals surface area contributed by atoms with Gasteiger partial charge >= 0.3 is 5.97 Å². The topological polar surface area (TPSA) is 55.8 Å². The van der Waals surface area contributed by atoms with E-state index in [1.54, 1.807) is 0 Å². The minimum atomic E-state index is -0.801. The Balaban J connectivity index is 2.40. The fraction of sp³-hybridized carbons (Fsp3) is 0.462.